The van der Waals surface area contributed by atoms with Gasteiger partial charge in [-0.05, 0) is 37.1 Å². The molecule has 5 rings (SSSR count). The SMILES string of the molecule is O=C1N[C@@]2(C[C@H]3CC[C@H]2N3Cc2ccco2)Nc2ccccc21. The third-order valence-electron chi connectivity index (χ3n) is 5.55. The summed E-state index contributed by atoms with van der Waals surface area (Å²) in [5.74, 6) is 1.02. The van der Waals surface area contributed by atoms with Crippen molar-refractivity contribution in [2.75, 3.05) is 5.32 Å². The molecule has 4 heterocycles. The molecule has 1 spiro atoms. The maximum atomic E-state index is 12.6. The molecule has 0 unspecified atom stereocenters. The largest absolute Gasteiger partial charge is 0.468 e. The second-order valence-electron chi connectivity index (χ2n) is 6.80. The molecule has 2 aromatic rings. The third-order valence-corrected chi connectivity index (χ3v) is 5.55. The molecule has 1 aromatic carbocycles. The first-order chi connectivity index (χ1) is 11.3. The summed E-state index contributed by atoms with van der Waals surface area (Å²) in [5, 5.41) is 6.91. The minimum atomic E-state index is -0.346. The summed E-state index contributed by atoms with van der Waals surface area (Å²) in [6, 6.07) is 12.5. The van der Waals surface area contributed by atoms with Crippen molar-refractivity contribution in [2.24, 2.45) is 0 Å². The van der Waals surface area contributed by atoms with Gasteiger partial charge < -0.3 is 15.1 Å². The number of nitrogens with zero attached hydrogens (tertiary/aromatic N) is 1. The number of furan rings is 1. The Morgan fingerprint density at radius 3 is 2.96 bits per heavy atom. The van der Waals surface area contributed by atoms with Gasteiger partial charge in [0, 0.05) is 18.2 Å². The van der Waals surface area contributed by atoms with Crippen LogP contribution in [0.15, 0.2) is 47.1 Å². The minimum absolute atomic E-state index is 0.0323. The van der Waals surface area contributed by atoms with Crippen LogP contribution in [-0.2, 0) is 6.54 Å². The number of amides is 1. The average molecular weight is 309 g/mol. The summed E-state index contributed by atoms with van der Waals surface area (Å²) in [6.45, 7) is 0.809. The van der Waals surface area contributed by atoms with Gasteiger partial charge in [0.15, 0.2) is 0 Å². The molecule has 118 valence electrons. The Balaban J connectivity index is 1.47. The van der Waals surface area contributed by atoms with Crippen LogP contribution >= 0.6 is 0 Å². The molecule has 5 heteroatoms. The Hall–Kier alpha value is -2.27. The van der Waals surface area contributed by atoms with Gasteiger partial charge in [0.05, 0.1) is 24.4 Å². The van der Waals surface area contributed by atoms with Crippen LogP contribution < -0.4 is 10.6 Å². The van der Waals surface area contributed by atoms with Gasteiger partial charge in [-0.2, -0.15) is 0 Å². The van der Waals surface area contributed by atoms with E-state index in [9.17, 15) is 4.79 Å². The maximum absolute atomic E-state index is 12.6. The van der Waals surface area contributed by atoms with E-state index in [0.717, 1.165) is 36.4 Å². The van der Waals surface area contributed by atoms with Crippen molar-refractivity contribution in [1.29, 1.82) is 0 Å². The Morgan fingerprint density at radius 2 is 2.09 bits per heavy atom. The molecule has 2 saturated heterocycles. The van der Waals surface area contributed by atoms with Crippen LogP contribution in [0.5, 0.6) is 0 Å². The topological polar surface area (TPSA) is 57.5 Å². The fourth-order valence-electron chi connectivity index (χ4n) is 4.61. The van der Waals surface area contributed by atoms with E-state index in [1.165, 1.54) is 6.42 Å². The molecular weight excluding hydrogens is 290 g/mol. The van der Waals surface area contributed by atoms with E-state index in [2.05, 4.69) is 15.5 Å². The van der Waals surface area contributed by atoms with Gasteiger partial charge in [0.2, 0.25) is 0 Å². The predicted molar refractivity (Wildman–Crippen MR) is 85.9 cm³/mol. The number of fused-ring (bicyclic) bond motifs is 4. The second kappa shape index (κ2) is 4.61. The van der Waals surface area contributed by atoms with Crippen LogP contribution in [0, 0.1) is 0 Å². The van der Waals surface area contributed by atoms with E-state index in [0.29, 0.717) is 12.1 Å². The number of para-hydroxylation sites is 1. The molecule has 1 aromatic heterocycles. The third kappa shape index (κ3) is 1.86. The second-order valence-corrected chi connectivity index (χ2v) is 6.80. The number of carbonyl (C=O) groups excluding carboxylic acids is 1. The van der Waals surface area contributed by atoms with E-state index < -0.39 is 0 Å². The monoisotopic (exact) mass is 309 g/mol. The summed E-state index contributed by atoms with van der Waals surface area (Å²) in [7, 11) is 0. The maximum Gasteiger partial charge on any atom is 0.255 e. The molecule has 3 aliphatic rings. The van der Waals surface area contributed by atoms with Crippen molar-refractivity contribution in [2.45, 2.75) is 43.6 Å². The van der Waals surface area contributed by atoms with Crippen molar-refractivity contribution in [3.05, 3.63) is 54.0 Å². The number of nitrogens with one attached hydrogen (secondary N) is 2. The van der Waals surface area contributed by atoms with Crippen molar-refractivity contribution in [3.63, 3.8) is 0 Å². The van der Waals surface area contributed by atoms with Gasteiger partial charge in [-0.25, -0.2) is 0 Å². The van der Waals surface area contributed by atoms with Crippen LogP contribution in [-0.4, -0.2) is 28.6 Å². The van der Waals surface area contributed by atoms with Crippen LogP contribution in [0.1, 0.15) is 35.4 Å². The van der Waals surface area contributed by atoms with E-state index in [-0.39, 0.29) is 11.6 Å². The normalized spacial score (nSPS) is 31.9. The highest BCUT2D eigenvalue weighted by molar-refractivity contribution is 6.02. The summed E-state index contributed by atoms with van der Waals surface area (Å²) < 4.78 is 5.52. The standard InChI is InChI=1S/C18H19N3O2/c22-17-14-5-1-2-6-15(14)19-18(20-17)10-12-7-8-16(18)21(12)11-13-4-3-9-23-13/h1-6,9,12,16,19H,7-8,10-11H2,(H,20,22)/t12-,16-,18-/m1/s1. The van der Waals surface area contributed by atoms with E-state index >= 15 is 0 Å². The van der Waals surface area contributed by atoms with Gasteiger partial charge in [-0.3, -0.25) is 9.69 Å². The zero-order valence-corrected chi connectivity index (χ0v) is 12.8. The van der Waals surface area contributed by atoms with Crippen LogP contribution in [0.4, 0.5) is 5.69 Å². The van der Waals surface area contributed by atoms with Gasteiger partial charge in [-0.1, -0.05) is 12.1 Å². The molecule has 0 radical (unpaired) electrons. The minimum Gasteiger partial charge on any atom is -0.468 e. The van der Waals surface area contributed by atoms with Gasteiger partial charge in [0.25, 0.3) is 5.91 Å². The summed E-state index contributed by atoms with van der Waals surface area (Å²) in [4.78, 5) is 15.0. The van der Waals surface area contributed by atoms with Crippen molar-refractivity contribution in [3.8, 4) is 0 Å². The van der Waals surface area contributed by atoms with Gasteiger partial charge in [-0.15, -0.1) is 0 Å². The molecule has 23 heavy (non-hydrogen) atoms. The molecule has 3 aliphatic heterocycles. The van der Waals surface area contributed by atoms with Gasteiger partial charge >= 0.3 is 0 Å². The molecule has 2 N–H and O–H groups in total. The quantitative estimate of drug-likeness (QED) is 0.895. The first kappa shape index (κ1) is 13.2. The Morgan fingerprint density at radius 1 is 1.17 bits per heavy atom. The highest BCUT2D eigenvalue weighted by Crippen LogP contribution is 2.47. The molecule has 2 fully saturated rings. The highest BCUT2D eigenvalue weighted by Gasteiger charge is 2.58. The van der Waals surface area contributed by atoms with E-state index in [1.54, 1.807) is 6.26 Å². The lowest BCUT2D eigenvalue weighted by Gasteiger charge is -2.43. The van der Waals surface area contributed by atoms with Crippen LogP contribution in [0.2, 0.25) is 0 Å². The summed E-state index contributed by atoms with van der Waals surface area (Å²) in [5.41, 5.74) is 1.33. The summed E-state index contributed by atoms with van der Waals surface area (Å²) in [6.07, 6.45) is 4.95. The number of rotatable bonds is 2. The van der Waals surface area contributed by atoms with Crippen LogP contribution in [0.25, 0.3) is 0 Å². The lowest BCUT2D eigenvalue weighted by atomic mass is 9.86. The molecule has 2 bridgehead atoms. The highest BCUT2D eigenvalue weighted by atomic mass is 16.3. The fourth-order valence-corrected chi connectivity index (χ4v) is 4.61. The molecule has 3 atom stereocenters. The van der Waals surface area contributed by atoms with Crippen molar-refractivity contribution >= 4 is 11.6 Å². The Labute approximate surface area is 134 Å². The number of anilines is 1. The molecule has 1 amide bonds. The lowest BCUT2D eigenvalue weighted by Crippen LogP contribution is -2.64. The first-order valence-corrected chi connectivity index (χ1v) is 8.23. The summed E-state index contributed by atoms with van der Waals surface area (Å²) >= 11 is 0. The Kier molecular flexibility index (Phi) is 2.65. The smallest absolute Gasteiger partial charge is 0.255 e. The number of hydrogen-bond acceptors (Lipinski definition) is 4. The zero-order chi connectivity index (χ0) is 15.4. The molecule has 0 aliphatic carbocycles. The molecule has 5 nitrogen and oxygen atoms in total. The molecule has 0 saturated carbocycles. The van der Waals surface area contributed by atoms with E-state index in [4.69, 9.17) is 4.42 Å². The number of benzene rings is 1. The Bertz CT molecular complexity index is 757. The fraction of sp³-hybridized carbons (Fsp3) is 0.389. The van der Waals surface area contributed by atoms with Crippen molar-refractivity contribution < 1.29 is 9.21 Å². The average Bonchev–Trinajstić information content (AvgIpc) is 3.24. The number of hydrogen-bond donors (Lipinski definition) is 2. The van der Waals surface area contributed by atoms with Gasteiger partial charge in [0.1, 0.15) is 11.4 Å². The first-order valence-electron chi connectivity index (χ1n) is 8.23. The van der Waals surface area contributed by atoms with E-state index in [1.807, 2.05) is 36.4 Å². The number of carbonyl (C=O) groups is 1. The lowest BCUT2D eigenvalue weighted by molar-refractivity contribution is 0.0868. The molecular formula is C18H19N3O2. The zero-order valence-electron chi connectivity index (χ0n) is 12.8. The predicted octanol–water partition coefficient (Wildman–Crippen LogP) is 2.57. The van der Waals surface area contributed by atoms with Crippen molar-refractivity contribution in [1.82, 2.24) is 10.2 Å². The van der Waals surface area contributed by atoms with Crippen LogP contribution in [0.3, 0.4) is 0 Å².